The third-order valence-electron chi connectivity index (χ3n) is 5.21. The minimum absolute atomic E-state index is 0.0293. The summed E-state index contributed by atoms with van der Waals surface area (Å²) in [5, 5.41) is 11.9. The standard InChI is InChI=1S/C22H28FN5O/c23-10-11-26-22(29)21(16-5-2-1-3-6-16)28-12-4-7-19(15-28)27-18-8-9-20(25)17(13-18)14-24/h1-3,5-6,8-9,13-14,19,21,24,27H,4,7,10-12,15,25H2,(H,26,29)/p+1. The summed E-state index contributed by atoms with van der Waals surface area (Å²) in [6.07, 6.45) is 3.45. The highest BCUT2D eigenvalue weighted by atomic mass is 19.1. The second-order valence-corrected chi connectivity index (χ2v) is 7.28. The van der Waals surface area contributed by atoms with E-state index >= 15 is 0 Å². The molecule has 1 heterocycles. The van der Waals surface area contributed by atoms with Crippen molar-refractivity contribution >= 4 is 23.5 Å². The Balaban J connectivity index is 1.75. The molecular weight excluding hydrogens is 369 g/mol. The molecule has 0 saturated carbocycles. The van der Waals surface area contributed by atoms with Gasteiger partial charge >= 0.3 is 0 Å². The van der Waals surface area contributed by atoms with E-state index in [1.165, 1.54) is 6.21 Å². The smallest absolute Gasteiger partial charge is 0.242 e. The second kappa shape index (κ2) is 10.0. The number of nitrogens with two attached hydrogens (primary N) is 2. The second-order valence-electron chi connectivity index (χ2n) is 7.28. The van der Waals surface area contributed by atoms with E-state index in [0.717, 1.165) is 36.2 Å². The van der Waals surface area contributed by atoms with Gasteiger partial charge in [0.25, 0.3) is 0 Å². The number of amides is 1. The number of anilines is 2. The van der Waals surface area contributed by atoms with Crippen molar-refractivity contribution in [2.24, 2.45) is 0 Å². The molecule has 2 aromatic rings. The van der Waals surface area contributed by atoms with Crippen LogP contribution >= 0.6 is 0 Å². The summed E-state index contributed by atoms with van der Waals surface area (Å²) in [6.45, 7) is 0.968. The summed E-state index contributed by atoms with van der Waals surface area (Å²) in [5.74, 6) is -0.165. The molecule has 2 atom stereocenters. The van der Waals surface area contributed by atoms with E-state index in [9.17, 15) is 9.18 Å². The highest BCUT2D eigenvalue weighted by molar-refractivity contribution is 5.85. The molecule has 3 rings (SSSR count). The summed E-state index contributed by atoms with van der Waals surface area (Å²) in [6, 6.07) is 15.1. The van der Waals surface area contributed by atoms with Gasteiger partial charge in [0.05, 0.1) is 5.56 Å². The Hall–Kier alpha value is -2.93. The Labute approximate surface area is 170 Å². The largest absolute Gasteiger partial charge is 0.398 e. The third kappa shape index (κ3) is 5.32. The number of nitrogens with zero attached hydrogens (tertiary/aromatic N) is 1. The van der Waals surface area contributed by atoms with Crippen LogP contribution in [0.2, 0.25) is 0 Å². The van der Waals surface area contributed by atoms with E-state index < -0.39 is 12.7 Å². The minimum atomic E-state index is -0.574. The average molecular weight is 399 g/mol. The van der Waals surface area contributed by atoms with Crippen LogP contribution in [0.4, 0.5) is 15.8 Å². The molecular formula is C22H29FN5O+. The van der Waals surface area contributed by atoms with Gasteiger partial charge in [-0.05, 0) is 43.1 Å². The van der Waals surface area contributed by atoms with Crippen molar-refractivity contribution in [2.75, 3.05) is 37.4 Å². The number of halogens is 1. The number of benzene rings is 2. The van der Waals surface area contributed by atoms with Crippen LogP contribution in [-0.2, 0) is 4.79 Å². The molecule has 1 saturated heterocycles. The Morgan fingerprint density at radius 1 is 1.31 bits per heavy atom. The quantitative estimate of drug-likeness (QED) is 0.396. The molecule has 2 unspecified atom stereocenters. The van der Waals surface area contributed by atoms with Crippen LogP contribution < -0.4 is 21.8 Å². The van der Waals surface area contributed by atoms with Gasteiger partial charge in [-0.15, -0.1) is 0 Å². The molecule has 154 valence electrons. The summed E-state index contributed by atoms with van der Waals surface area (Å²) in [5.41, 5.74) is 9.20. The summed E-state index contributed by atoms with van der Waals surface area (Å²) in [4.78, 5) is 15.0. The first-order chi connectivity index (χ1) is 14.1. The van der Waals surface area contributed by atoms with Crippen molar-refractivity contribution in [1.29, 1.82) is 0 Å². The predicted molar refractivity (Wildman–Crippen MR) is 114 cm³/mol. The summed E-state index contributed by atoms with van der Waals surface area (Å²) in [7, 11) is 0. The zero-order valence-corrected chi connectivity index (χ0v) is 16.5. The van der Waals surface area contributed by atoms with Crippen molar-refractivity contribution in [2.45, 2.75) is 24.9 Å². The fourth-order valence-corrected chi connectivity index (χ4v) is 3.83. The Morgan fingerprint density at radius 3 is 2.83 bits per heavy atom. The molecule has 2 aromatic carbocycles. The lowest BCUT2D eigenvalue weighted by Crippen LogP contribution is -2.48. The lowest BCUT2D eigenvalue weighted by atomic mass is 9.98. The molecule has 6 N–H and O–H groups in total. The Morgan fingerprint density at radius 2 is 2.10 bits per heavy atom. The minimum Gasteiger partial charge on any atom is -0.398 e. The van der Waals surface area contributed by atoms with Crippen molar-refractivity contribution < 1.29 is 14.6 Å². The Kier molecular flexibility index (Phi) is 7.19. The van der Waals surface area contributed by atoms with Gasteiger partial charge in [0.1, 0.15) is 12.7 Å². The fourth-order valence-electron chi connectivity index (χ4n) is 3.83. The normalized spacial score (nSPS) is 18.0. The summed E-state index contributed by atoms with van der Waals surface area (Å²) < 4.78 is 12.6. The van der Waals surface area contributed by atoms with Gasteiger partial charge in [0.15, 0.2) is 6.21 Å². The molecule has 7 heteroatoms. The van der Waals surface area contributed by atoms with E-state index in [1.807, 2.05) is 48.5 Å². The first-order valence-corrected chi connectivity index (χ1v) is 9.96. The zero-order chi connectivity index (χ0) is 20.6. The molecule has 1 amide bonds. The Bertz CT molecular complexity index is 829. The molecule has 29 heavy (non-hydrogen) atoms. The first kappa shape index (κ1) is 20.8. The zero-order valence-electron chi connectivity index (χ0n) is 16.5. The number of carbonyl (C=O) groups is 1. The molecule has 0 spiro atoms. The maximum absolute atomic E-state index is 12.8. The van der Waals surface area contributed by atoms with Gasteiger partial charge in [0, 0.05) is 30.5 Å². The lowest BCUT2D eigenvalue weighted by molar-refractivity contribution is -0.127. The van der Waals surface area contributed by atoms with E-state index in [2.05, 4.69) is 15.5 Å². The molecule has 6 nitrogen and oxygen atoms in total. The maximum atomic E-state index is 12.8. The topological polar surface area (TPSA) is 96.0 Å². The van der Waals surface area contributed by atoms with Crippen LogP contribution in [0.5, 0.6) is 0 Å². The predicted octanol–water partition coefficient (Wildman–Crippen LogP) is 1.15. The number of alkyl halides is 1. The van der Waals surface area contributed by atoms with Crippen LogP contribution in [0.15, 0.2) is 48.5 Å². The maximum Gasteiger partial charge on any atom is 0.242 e. The first-order valence-electron chi connectivity index (χ1n) is 9.96. The van der Waals surface area contributed by atoms with E-state index in [4.69, 9.17) is 11.1 Å². The monoisotopic (exact) mass is 398 g/mol. The molecule has 0 aliphatic carbocycles. The van der Waals surface area contributed by atoms with Crippen LogP contribution in [-0.4, -0.2) is 49.4 Å². The van der Waals surface area contributed by atoms with E-state index in [1.54, 1.807) is 0 Å². The number of rotatable bonds is 8. The number of carbonyl (C=O) groups excluding carboxylic acids is 1. The third-order valence-corrected chi connectivity index (χ3v) is 5.21. The van der Waals surface area contributed by atoms with Gasteiger partial charge in [-0.3, -0.25) is 15.1 Å². The molecule has 0 radical (unpaired) electrons. The number of piperidine rings is 1. The van der Waals surface area contributed by atoms with Crippen LogP contribution in [0, 0.1) is 0 Å². The highest BCUT2D eigenvalue weighted by Gasteiger charge is 2.31. The molecule has 1 aliphatic rings. The van der Waals surface area contributed by atoms with Gasteiger partial charge in [0.2, 0.25) is 5.91 Å². The summed E-state index contributed by atoms with van der Waals surface area (Å²) >= 11 is 0. The lowest BCUT2D eigenvalue weighted by Gasteiger charge is -2.38. The van der Waals surface area contributed by atoms with Gasteiger partial charge in [-0.1, -0.05) is 30.3 Å². The molecule has 1 fully saturated rings. The highest BCUT2D eigenvalue weighted by Crippen LogP contribution is 2.27. The SMILES string of the molecule is Nc1ccc(NC2CCCN(C(C(=O)NCCF)c3ccccc3)C2)cc1C=[NH2+]. The average Bonchev–Trinajstić information content (AvgIpc) is 2.75. The van der Waals surface area contributed by atoms with Gasteiger partial charge in [-0.25, -0.2) is 4.39 Å². The number of hydrogen-bond acceptors (Lipinski definition) is 4. The van der Waals surface area contributed by atoms with Gasteiger partial charge < -0.3 is 16.4 Å². The van der Waals surface area contributed by atoms with E-state index in [0.29, 0.717) is 12.2 Å². The molecule has 0 aromatic heterocycles. The molecule has 0 bridgehead atoms. The fraction of sp³-hybridized carbons (Fsp3) is 0.364. The van der Waals surface area contributed by atoms with Crippen LogP contribution in [0.1, 0.15) is 30.0 Å². The van der Waals surface area contributed by atoms with Crippen LogP contribution in [0.3, 0.4) is 0 Å². The number of likely N-dealkylation sites (tertiary alicyclic amines) is 1. The van der Waals surface area contributed by atoms with Gasteiger partial charge in [-0.2, -0.15) is 0 Å². The van der Waals surface area contributed by atoms with E-state index in [-0.39, 0.29) is 18.5 Å². The van der Waals surface area contributed by atoms with Crippen LogP contribution in [0.25, 0.3) is 0 Å². The van der Waals surface area contributed by atoms with Crippen molar-refractivity contribution in [3.05, 3.63) is 59.7 Å². The number of nitrogens with one attached hydrogen (secondary N) is 2. The molecule has 1 aliphatic heterocycles. The van der Waals surface area contributed by atoms with Crippen molar-refractivity contribution in [1.82, 2.24) is 10.2 Å². The van der Waals surface area contributed by atoms with Crippen molar-refractivity contribution in [3.63, 3.8) is 0 Å². The number of hydrogen-bond donors (Lipinski definition) is 4. The van der Waals surface area contributed by atoms with Crippen molar-refractivity contribution in [3.8, 4) is 0 Å². The number of nitrogen functional groups attached to an aromatic ring is 1.